The minimum Gasteiger partial charge on any atom is -0.476 e. The first-order chi connectivity index (χ1) is 9.58. The number of aromatic carboxylic acids is 1. The summed E-state index contributed by atoms with van der Waals surface area (Å²) in [5, 5.41) is 13.5. The molecule has 2 heterocycles. The molecule has 6 heteroatoms. The van der Waals surface area contributed by atoms with E-state index >= 15 is 0 Å². The van der Waals surface area contributed by atoms with Crippen molar-refractivity contribution in [3.8, 4) is 5.69 Å². The van der Waals surface area contributed by atoms with Crippen molar-refractivity contribution in [3.05, 3.63) is 45.2 Å². The number of carboxylic acids is 1. The number of carbonyl (C=O) groups is 1. The van der Waals surface area contributed by atoms with Crippen molar-refractivity contribution in [1.82, 2.24) is 9.78 Å². The number of benzene rings is 1. The first-order valence-corrected chi connectivity index (χ1v) is 7.05. The molecule has 0 atom stereocenters. The van der Waals surface area contributed by atoms with Gasteiger partial charge in [-0.05, 0) is 30.7 Å². The van der Waals surface area contributed by atoms with Crippen LogP contribution in [0.15, 0.2) is 22.7 Å². The Kier molecular flexibility index (Phi) is 3.35. The number of hydrogen-bond donors (Lipinski definition) is 1. The molecule has 0 saturated carbocycles. The standard InChI is InChI=1S/C14H13BrN2O3/c1-8-6-9(15)2-3-11(8)17-12-4-5-20-7-10(12)13(16-17)14(18)19/h2-3,6H,4-5,7H2,1H3,(H,18,19). The molecule has 104 valence electrons. The van der Waals surface area contributed by atoms with E-state index in [1.54, 1.807) is 4.68 Å². The summed E-state index contributed by atoms with van der Waals surface area (Å²) >= 11 is 3.43. The Morgan fingerprint density at radius 3 is 3.00 bits per heavy atom. The van der Waals surface area contributed by atoms with E-state index in [1.165, 1.54) is 0 Å². The number of rotatable bonds is 2. The average molecular weight is 337 g/mol. The maximum atomic E-state index is 11.3. The lowest BCUT2D eigenvalue weighted by atomic mass is 10.1. The molecule has 0 unspecified atom stereocenters. The van der Waals surface area contributed by atoms with Crippen molar-refractivity contribution in [2.75, 3.05) is 6.61 Å². The zero-order valence-electron chi connectivity index (χ0n) is 10.9. The lowest BCUT2D eigenvalue weighted by Gasteiger charge is -2.16. The first kappa shape index (κ1) is 13.3. The first-order valence-electron chi connectivity index (χ1n) is 6.26. The lowest BCUT2D eigenvalue weighted by Crippen LogP contribution is -2.14. The van der Waals surface area contributed by atoms with Crippen LogP contribution in [0.25, 0.3) is 5.69 Å². The number of aromatic nitrogens is 2. The fourth-order valence-corrected chi connectivity index (χ4v) is 2.94. The number of fused-ring (bicyclic) bond motifs is 1. The highest BCUT2D eigenvalue weighted by Crippen LogP contribution is 2.26. The fourth-order valence-electron chi connectivity index (χ4n) is 2.46. The van der Waals surface area contributed by atoms with Crippen LogP contribution in [0.3, 0.4) is 0 Å². The highest BCUT2D eigenvalue weighted by atomic mass is 79.9. The van der Waals surface area contributed by atoms with Crippen LogP contribution in [-0.4, -0.2) is 27.5 Å². The van der Waals surface area contributed by atoms with Gasteiger partial charge in [0.25, 0.3) is 0 Å². The molecule has 2 aromatic rings. The van der Waals surface area contributed by atoms with E-state index in [-0.39, 0.29) is 5.69 Å². The predicted molar refractivity (Wildman–Crippen MR) is 76.3 cm³/mol. The number of hydrogen-bond acceptors (Lipinski definition) is 3. The Morgan fingerprint density at radius 1 is 1.50 bits per heavy atom. The molecule has 1 N–H and O–H groups in total. The second-order valence-corrected chi connectivity index (χ2v) is 5.64. The fraction of sp³-hybridized carbons (Fsp3) is 0.286. The van der Waals surface area contributed by atoms with Gasteiger partial charge in [0.15, 0.2) is 5.69 Å². The van der Waals surface area contributed by atoms with Gasteiger partial charge in [0, 0.05) is 16.5 Å². The summed E-state index contributed by atoms with van der Waals surface area (Å²) in [4.78, 5) is 11.3. The molecule has 1 aromatic heterocycles. The van der Waals surface area contributed by atoms with Crippen LogP contribution in [-0.2, 0) is 17.8 Å². The molecule has 1 aromatic carbocycles. The summed E-state index contributed by atoms with van der Waals surface area (Å²) in [6, 6.07) is 5.85. The van der Waals surface area contributed by atoms with E-state index in [2.05, 4.69) is 21.0 Å². The van der Waals surface area contributed by atoms with Crippen molar-refractivity contribution in [3.63, 3.8) is 0 Å². The zero-order chi connectivity index (χ0) is 14.3. The van der Waals surface area contributed by atoms with Crippen LogP contribution in [0.2, 0.25) is 0 Å². The van der Waals surface area contributed by atoms with Gasteiger partial charge in [-0.25, -0.2) is 9.48 Å². The van der Waals surface area contributed by atoms with Gasteiger partial charge in [-0.1, -0.05) is 15.9 Å². The second kappa shape index (κ2) is 5.03. The van der Waals surface area contributed by atoms with E-state index < -0.39 is 5.97 Å². The largest absolute Gasteiger partial charge is 0.476 e. The van der Waals surface area contributed by atoms with Gasteiger partial charge in [-0.15, -0.1) is 0 Å². The third-order valence-electron chi connectivity index (χ3n) is 3.41. The lowest BCUT2D eigenvalue weighted by molar-refractivity contribution is 0.0677. The highest BCUT2D eigenvalue weighted by molar-refractivity contribution is 9.10. The second-order valence-electron chi connectivity index (χ2n) is 4.72. The van der Waals surface area contributed by atoms with Crippen LogP contribution in [0, 0.1) is 6.92 Å². The van der Waals surface area contributed by atoms with Crippen molar-refractivity contribution < 1.29 is 14.6 Å². The topological polar surface area (TPSA) is 64.4 Å². The van der Waals surface area contributed by atoms with Crippen LogP contribution < -0.4 is 0 Å². The molecule has 3 rings (SSSR count). The maximum absolute atomic E-state index is 11.3. The molecule has 0 bridgehead atoms. The minimum absolute atomic E-state index is 0.0852. The molecule has 0 amide bonds. The van der Waals surface area contributed by atoms with E-state index in [0.29, 0.717) is 25.2 Å². The van der Waals surface area contributed by atoms with Crippen LogP contribution in [0.5, 0.6) is 0 Å². The Labute approximate surface area is 124 Å². The molecule has 1 aliphatic rings. The Balaban J connectivity index is 2.21. The van der Waals surface area contributed by atoms with Crippen LogP contribution in [0.1, 0.15) is 27.3 Å². The average Bonchev–Trinajstić information content (AvgIpc) is 2.78. The van der Waals surface area contributed by atoms with Crippen molar-refractivity contribution in [2.45, 2.75) is 20.0 Å². The normalized spacial score (nSPS) is 14.1. The van der Waals surface area contributed by atoms with Gasteiger partial charge in [0.2, 0.25) is 0 Å². The molecular formula is C14H13BrN2O3. The highest BCUT2D eigenvalue weighted by Gasteiger charge is 2.26. The molecule has 1 aliphatic heterocycles. The Hall–Kier alpha value is -1.66. The number of carboxylic acid groups (broad SMARTS) is 1. The van der Waals surface area contributed by atoms with Crippen LogP contribution in [0.4, 0.5) is 0 Å². The SMILES string of the molecule is Cc1cc(Br)ccc1-n1nc(C(=O)O)c2c1CCOC2. The third kappa shape index (κ3) is 2.14. The number of ether oxygens (including phenoxy) is 1. The van der Waals surface area contributed by atoms with Gasteiger partial charge in [-0.3, -0.25) is 0 Å². The van der Waals surface area contributed by atoms with Crippen molar-refractivity contribution in [2.24, 2.45) is 0 Å². The van der Waals surface area contributed by atoms with Gasteiger partial charge in [0.05, 0.1) is 24.6 Å². The quantitative estimate of drug-likeness (QED) is 0.915. The summed E-state index contributed by atoms with van der Waals surface area (Å²) in [5.74, 6) is -1.01. The van der Waals surface area contributed by atoms with Crippen molar-refractivity contribution >= 4 is 21.9 Å². The van der Waals surface area contributed by atoms with Gasteiger partial charge < -0.3 is 9.84 Å². The summed E-state index contributed by atoms with van der Waals surface area (Å²) in [5.41, 5.74) is 3.64. The number of nitrogens with zero attached hydrogens (tertiary/aromatic N) is 2. The monoisotopic (exact) mass is 336 g/mol. The third-order valence-corrected chi connectivity index (χ3v) is 3.90. The molecule has 0 radical (unpaired) electrons. The molecule has 0 spiro atoms. The smallest absolute Gasteiger partial charge is 0.356 e. The van der Waals surface area contributed by atoms with Gasteiger partial charge in [0.1, 0.15) is 0 Å². The summed E-state index contributed by atoms with van der Waals surface area (Å²) in [6.07, 6.45) is 0.672. The number of aryl methyl sites for hydroxylation is 1. The summed E-state index contributed by atoms with van der Waals surface area (Å²) in [7, 11) is 0. The molecule has 0 saturated heterocycles. The van der Waals surface area contributed by atoms with Crippen molar-refractivity contribution in [1.29, 1.82) is 0 Å². The molecule has 0 fully saturated rings. The molecule has 20 heavy (non-hydrogen) atoms. The Bertz CT molecular complexity index is 694. The molecular weight excluding hydrogens is 324 g/mol. The van der Waals surface area contributed by atoms with E-state index in [4.69, 9.17) is 4.74 Å². The Morgan fingerprint density at radius 2 is 2.30 bits per heavy atom. The number of halogens is 1. The zero-order valence-corrected chi connectivity index (χ0v) is 12.5. The van der Waals surface area contributed by atoms with Gasteiger partial charge >= 0.3 is 5.97 Å². The minimum atomic E-state index is -1.01. The molecule has 5 nitrogen and oxygen atoms in total. The predicted octanol–water partition coefficient (Wildman–Crippen LogP) is 2.71. The summed E-state index contributed by atoms with van der Waals surface area (Å²) < 4.78 is 8.09. The molecule has 0 aliphatic carbocycles. The summed E-state index contributed by atoms with van der Waals surface area (Å²) in [6.45, 7) is 2.88. The van der Waals surface area contributed by atoms with E-state index in [9.17, 15) is 9.90 Å². The van der Waals surface area contributed by atoms with Crippen LogP contribution >= 0.6 is 15.9 Å². The van der Waals surface area contributed by atoms with E-state index in [1.807, 2.05) is 25.1 Å². The maximum Gasteiger partial charge on any atom is 0.356 e. The van der Waals surface area contributed by atoms with E-state index in [0.717, 1.165) is 21.4 Å². The van der Waals surface area contributed by atoms with Gasteiger partial charge in [-0.2, -0.15) is 5.10 Å².